The summed E-state index contributed by atoms with van der Waals surface area (Å²) in [6.45, 7) is 4.68. The summed E-state index contributed by atoms with van der Waals surface area (Å²) in [5.41, 5.74) is 0.438. The van der Waals surface area contributed by atoms with E-state index in [-0.39, 0.29) is 17.0 Å². The second-order valence-electron chi connectivity index (χ2n) is 5.25. The molecule has 0 aliphatic carbocycles. The third kappa shape index (κ3) is 3.06. The molecule has 0 bridgehead atoms. The van der Waals surface area contributed by atoms with Crippen LogP contribution in [0.3, 0.4) is 0 Å². The van der Waals surface area contributed by atoms with Gasteiger partial charge in [0.1, 0.15) is 5.84 Å². The first-order valence-electron chi connectivity index (χ1n) is 7.54. The molecule has 3 N–H and O–H groups in total. The quantitative estimate of drug-likeness (QED) is 0.315. The molecule has 120 valence electrons. The molecule has 0 atom stereocenters. The number of nitrogens with zero attached hydrogens (tertiary/aromatic N) is 3. The highest BCUT2D eigenvalue weighted by Gasteiger charge is 2.16. The fraction of sp³-hybridized carbons (Fsp3) is 0.571. The highest BCUT2D eigenvalue weighted by molar-refractivity contribution is 9.10. The first kappa shape index (κ1) is 16.7. The average molecular weight is 369 g/mol. The van der Waals surface area contributed by atoms with Gasteiger partial charge in [-0.1, -0.05) is 26.7 Å². The molecule has 0 saturated heterocycles. The van der Waals surface area contributed by atoms with Gasteiger partial charge in [0, 0.05) is 13.0 Å². The van der Waals surface area contributed by atoms with Crippen LogP contribution < -0.4 is 11.2 Å². The van der Waals surface area contributed by atoms with E-state index in [9.17, 15) is 4.79 Å². The van der Waals surface area contributed by atoms with E-state index >= 15 is 0 Å². The number of aromatic amines is 1. The molecule has 8 heteroatoms. The van der Waals surface area contributed by atoms with Crippen molar-refractivity contribution in [2.24, 2.45) is 0 Å². The minimum atomic E-state index is -0.386. The molecule has 7 nitrogen and oxygen atoms in total. The predicted molar refractivity (Wildman–Crippen MR) is 89.5 cm³/mol. The molecule has 0 aromatic carbocycles. The molecule has 0 amide bonds. The van der Waals surface area contributed by atoms with Crippen molar-refractivity contribution in [1.82, 2.24) is 19.1 Å². The lowest BCUT2D eigenvalue weighted by atomic mass is 10.2. The van der Waals surface area contributed by atoms with E-state index in [4.69, 9.17) is 10.8 Å². The highest BCUT2D eigenvalue weighted by atomic mass is 79.9. The number of nitrogens with one attached hydrogen (secondary N) is 3. The van der Waals surface area contributed by atoms with Crippen LogP contribution in [-0.2, 0) is 6.54 Å². The summed E-state index contributed by atoms with van der Waals surface area (Å²) in [6, 6.07) is 0. The molecule has 22 heavy (non-hydrogen) atoms. The maximum Gasteiger partial charge on any atom is 0.286 e. The zero-order chi connectivity index (χ0) is 16.3. The number of unbranched alkanes of at least 4 members (excludes halogenated alkanes) is 2. The average Bonchev–Trinajstić information content (AvgIpc) is 2.85. The molecule has 2 aromatic rings. The van der Waals surface area contributed by atoms with Crippen molar-refractivity contribution < 1.29 is 0 Å². The van der Waals surface area contributed by atoms with Crippen LogP contribution in [0.5, 0.6) is 0 Å². The molecule has 2 heterocycles. The van der Waals surface area contributed by atoms with E-state index in [0.717, 1.165) is 25.7 Å². The highest BCUT2D eigenvalue weighted by Crippen LogP contribution is 2.11. The number of halogens is 1. The second kappa shape index (κ2) is 7.04. The molecule has 0 unspecified atom stereocenters. The van der Waals surface area contributed by atoms with E-state index in [1.807, 2.05) is 6.92 Å². The molecule has 2 rings (SSSR count). The molecule has 0 spiro atoms. The van der Waals surface area contributed by atoms with Crippen LogP contribution in [0.4, 0.5) is 0 Å². The molecule has 2 aromatic heterocycles. The van der Waals surface area contributed by atoms with Crippen molar-refractivity contribution in [3.05, 3.63) is 20.7 Å². The summed E-state index contributed by atoms with van der Waals surface area (Å²) >= 11 is 3.25. The van der Waals surface area contributed by atoms with Gasteiger partial charge in [-0.15, -0.1) is 0 Å². The van der Waals surface area contributed by atoms with E-state index in [1.165, 1.54) is 4.57 Å². The number of fused-ring (bicyclic) bond motifs is 1. The van der Waals surface area contributed by atoms with Gasteiger partial charge in [-0.2, -0.15) is 0 Å². The summed E-state index contributed by atoms with van der Waals surface area (Å²) in [4.78, 5) is 19.7. The Kier molecular flexibility index (Phi) is 5.33. The van der Waals surface area contributed by atoms with Crippen LogP contribution in [0.15, 0.2) is 9.53 Å². The minimum Gasteiger partial charge on any atom is -0.327 e. The van der Waals surface area contributed by atoms with Crippen molar-refractivity contribution in [2.45, 2.75) is 52.5 Å². The van der Waals surface area contributed by atoms with Crippen LogP contribution in [-0.4, -0.2) is 24.9 Å². The summed E-state index contributed by atoms with van der Waals surface area (Å²) in [5.74, 6) is 0.148. The number of aryl methyl sites for hydroxylation is 1. The summed E-state index contributed by atoms with van der Waals surface area (Å²) in [7, 11) is 0. The fourth-order valence-corrected chi connectivity index (χ4v) is 2.81. The predicted octanol–water partition coefficient (Wildman–Crippen LogP) is 2.58. The monoisotopic (exact) mass is 368 g/mol. The summed E-state index contributed by atoms with van der Waals surface area (Å²) < 4.78 is 3.34. The number of H-pyrrole nitrogens is 1. The Bertz CT molecular complexity index is 800. The fourth-order valence-electron chi connectivity index (χ4n) is 2.44. The zero-order valence-corrected chi connectivity index (χ0v) is 14.5. The summed E-state index contributed by atoms with van der Waals surface area (Å²) in [6.07, 6.45) is 4.25. The third-order valence-electron chi connectivity index (χ3n) is 3.54. The molecule has 0 fully saturated rings. The SMILES string of the molecule is CCCCCn1c(=N)n(C(=N)CCC)c(=O)c2[nH]c(Br)nc21. The number of aromatic nitrogens is 4. The Labute approximate surface area is 136 Å². The lowest BCUT2D eigenvalue weighted by Crippen LogP contribution is -2.44. The maximum absolute atomic E-state index is 12.6. The Hall–Kier alpha value is -1.70. The van der Waals surface area contributed by atoms with Crippen LogP contribution in [0.2, 0.25) is 0 Å². The Balaban J connectivity index is 2.67. The summed E-state index contributed by atoms with van der Waals surface area (Å²) in [5, 5.41) is 16.4. The molecule has 0 aliphatic heterocycles. The topological polar surface area (TPSA) is 103 Å². The van der Waals surface area contributed by atoms with E-state index in [1.54, 1.807) is 4.57 Å². The second-order valence-corrected chi connectivity index (χ2v) is 6.00. The smallest absolute Gasteiger partial charge is 0.286 e. The number of hydrogen-bond acceptors (Lipinski definition) is 4. The van der Waals surface area contributed by atoms with Crippen LogP contribution >= 0.6 is 15.9 Å². The van der Waals surface area contributed by atoms with E-state index in [0.29, 0.717) is 28.9 Å². The van der Waals surface area contributed by atoms with Gasteiger partial charge in [-0.3, -0.25) is 20.2 Å². The van der Waals surface area contributed by atoms with Crippen LogP contribution in [0, 0.1) is 10.8 Å². The van der Waals surface area contributed by atoms with Crippen LogP contribution in [0.1, 0.15) is 46.0 Å². The number of imidazole rings is 1. The molecular formula is C14H21BrN6O. The molecular weight excluding hydrogens is 348 g/mol. The van der Waals surface area contributed by atoms with Crippen molar-refractivity contribution in [3.8, 4) is 0 Å². The van der Waals surface area contributed by atoms with Crippen molar-refractivity contribution in [1.29, 1.82) is 10.8 Å². The molecule has 0 radical (unpaired) electrons. The Morgan fingerprint density at radius 2 is 2.05 bits per heavy atom. The van der Waals surface area contributed by atoms with Crippen molar-refractivity contribution in [2.75, 3.05) is 0 Å². The Morgan fingerprint density at radius 1 is 1.32 bits per heavy atom. The van der Waals surface area contributed by atoms with Gasteiger partial charge in [0.2, 0.25) is 5.62 Å². The first-order valence-corrected chi connectivity index (χ1v) is 8.34. The van der Waals surface area contributed by atoms with Crippen molar-refractivity contribution >= 4 is 32.9 Å². The normalized spacial score (nSPS) is 11.2. The van der Waals surface area contributed by atoms with Crippen molar-refractivity contribution in [3.63, 3.8) is 0 Å². The molecule has 0 aliphatic rings. The number of rotatable bonds is 6. The lowest BCUT2D eigenvalue weighted by Gasteiger charge is -2.13. The first-order chi connectivity index (χ1) is 10.5. The van der Waals surface area contributed by atoms with Gasteiger partial charge in [0.15, 0.2) is 15.9 Å². The van der Waals surface area contributed by atoms with Crippen LogP contribution in [0.25, 0.3) is 11.2 Å². The minimum absolute atomic E-state index is 0.0195. The van der Waals surface area contributed by atoms with Gasteiger partial charge in [-0.05, 0) is 28.8 Å². The third-order valence-corrected chi connectivity index (χ3v) is 3.91. The van der Waals surface area contributed by atoms with Gasteiger partial charge in [0.25, 0.3) is 5.56 Å². The standard InChI is InChI=1S/C14H21BrN6O/c1-3-5-6-8-20-11-10(18-13(15)19-11)12(22)21(14(20)17)9(16)7-4-2/h16-17H,3-8H2,1-2H3,(H,18,19). The van der Waals surface area contributed by atoms with Gasteiger partial charge >= 0.3 is 0 Å². The maximum atomic E-state index is 12.6. The lowest BCUT2D eigenvalue weighted by molar-refractivity contribution is 0.565. The van der Waals surface area contributed by atoms with E-state index in [2.05, 4.69) is 32.8 Å². The van der Waals surface area contributed by atoms with Gasteiger partial charge < -0.3 is 4.98 Å². The Morgan fingerprint density at radius 3 is 2.68 bits per heavy atom. The number of hydrogen-bond donors (Lipinski definition) is 3. The largest absolute Gasteiger partial charge is 0.327 e. The van der Waals surface area contributed by atoms with Gasteiger partial charge in [-0.25, -0.2) is 9.55 Å². The van der Waals surface area contributed by atoms with E-state index < -0.39 is 0 Å². The zero-order valence-electron chi connectivity index (χ0n) is 12.9. The van der Waals surface area contributed by atoms with Gasteiger partial charge in [0.05, 0.1) is 0 Å². The molecule has 0 saturated carbocycles.